The number of rotatable bonds is 6. The molecule has 0 saturated carbocycles. The van der Waals surface area contributed by atoms with E-state index in [2.05, 4.69) is 5.32 Å². The van der Waals surface area contributed by atoms with Crippen molar-refractivity contribution in [2.24, 2.45) is 0 Å². The average Bonchev–Trinajstić information content (AvgIpc) is 2.61. The Hall–Kier alpha value is -2.08. The molecule has 1 atom stereocenters. The van der Waals surface area contributed by atoms with Gasteiger partial charge in [-0.25, -0.2) is 0 Å². The van der Waals surface area contributed by atoms with E-state index in [-0.39, 0.29) is 24.4 Å². The minimum absolute atomic E-state index is 0.106. The Bertz CT molecular complexity index is 553. The number of carbonyl (C=O) groups excluding carboxylic acids is 2. The van der Waals surface area contributed by atoms with Gasteiger partial charge in [-0.05, 0) is 57.5 Å². The molecule has 0 unspecified atom stereocenters. The summed E-state index contributed by atoms with van der Waals surface area (Å²) in [4.78, 5) is 28.4. The number of hydrogen-bond acceptors (Lipinski definition) is 4. The Balaban J connectivity index is 1.84. The van der Waals surface area contributed by atoms with Crippen molar-refractivity contribution in [3.05, 3.63) is 24.3 Å². The smallest absolute Gasteiger partial charge is 0.239 e. The van der Waals surface area contributed by atoms with Crippen LogP contribution >= 0.6 is 0 Å². The van der Waals surface area contributed by atoms with Crippen LogP contribution in [0.25, 0.3) is 0 Å². The van der Waals surface area contributed by atoms with E-state index in [9.17, 15) is 9.59 Å². The molecule has 0 aliphatic carbocycles. The molecule has 6 nitrogen and oxygen atoms in total. The van der Waals surface area contributed by atoms with Gasteiger partial charge in [-0.2, -0.15) is 0 Å². The number of nitrogens with zero attached hydrogens (tertiary/aromatic N) is 2. The van der Waals surface area contributed by atoms with Crippen molar-refractivity contribution in [1.82, 2.24) is 9.80 Å². The number of piperidine rings is 1. The number of nitrogens with one attached hydrogen (secondary N) is 1. The molecule has 1 aliphatic rings. The van der Waals surface area contributed by atoms with E-state index in [0.717, 1.165) is 31.7 Å². The molecule has 1 N–H and O–H groups in total. The predicted molar refractivity (Wildman–Crippen MR) is 94.1 cm³/mol. The van der Waals surface area contributed by atoms with Crippen molar-refractivity contribution < 1.29 is 14.3 Å². The second-order valence-corrected chi connectivity index (χ2v) is 6.25. The summed E-state index contributed by atoms with van der Waals surface area (Å²) in [6, 6.07) is 6.87. The Morgan fingerprint density at radius 3 is 2.42 bits per heavy atom. The Labute approximate surface area is 143 Å². The highest BCUT2D eigenvalue weighted by Gasteiger charge is 2.25. The van der Waals surface area contributed by atoms with Gasteiger partial charge in [-0.1, -0.05) is 0 Å². The van der Waals surface area contributed by atoms with Crippen molar-refractivity contribution in [3.8, 4) is 5.75 Å². The molecule has 1 aromatic carbocycles. The lowest BCUT2D eigenvalue weighted by Gasteiger charge is -2.32. The molecule has 0 bridgehead atoms. The highest BCUT2D eigenvalue weighted by molar-refractivity contribution is 5.92. The first-order valence-corrected chi connectivity index (χ1v) is 8.44. The summed E-state index contributed by atoms with van der Waals surface area (Å²) in [6.07, 6.45) is 3.33. The summed E-state index contributed by atoms with van der Waals surface area (Å²) in [5.41, 5.74) is 0.712. The predicted octanol–water partition coefficient (Wildman–Crippen LogP) is 1.97. The van der Waals surface area contributed by atoms with E-state index < -0.39 is 0 Å². The summed E-state index contributed by atoms with van der Waals surface area (Å²) < 4.78 is 5.09. The zero-order valence-electron chi connectivity index (χ0n) is 14.7. The molecule has 1 fully saturated rings. The van der Waals surface area contributed by atoms with Gasteiger partial charge in [0, 0.05) is 18.8 Å². The van der Waals surface area contributed by atoms with Crippen LogP contribution in [0.15, 0.2) is 24.3 Å². The van der Waals surface area contributed by atoms with Gasteiger partial charge in [0.1, 0.15) is 5.75 Å². The van der Waals surface area contributed by atoms with E-state index in [1.807, 2.05) is 11.8 Å². The Morgan fingerprint density at radius 1 is 1.21 bits per heavy atom. The van der Waals surface area contributed by atoms with Crippen LogP contribution in [0.2, 0.25) is 0 Å². The van der Waals surface area contributed by atoms with Crippen LogP contribution < -0.4 is 10.1 Å². The highest BCUT2D eigenvalue weighted by atomic mass is 16.5. The summed E-state index contributed by atoms with van der Waals surface area (Å²) in [7, 11) is 3.41. The molecule has 2 amide bonds. The van der Waals surface area contributed by atoms with Gasteiger partial charge in [-0.15, -0.1) is 0 Å². The average molecular weight is 333 g/mol. The molecule has 24 heavy (non-hydrogen) atoms. The molecule has 0 spiro atoms. The Kier molecular flexibility index (Phi) is 6.61. The van der Waals surface area contributed by atoms with Crippen LogP contribution in [0, 0.1) is 0 Å². The van der Waals surface area contributed by atoms with Crippen molar-refractivity contribution in [2.75, 3.05) is 39.1 Å². The number of likely N-dealkylation sites (N-methyl/N-ethyl adjacent to an activating group) is 1. The standard InChI is InChI=1S/C18H27N3O3/c1-14(18(23)21-11-5-4-6-12-21)20(2)13-17(22)19-15-7-9-16(24-3)10-8-15/h7-10,14H,4-6,11-13H2,1-3H3,(H,19,22)/t14-/m0/s1. The number of likely N-dealkylation sites (tertiary alicyclic amines) is 1. The van der Waals surface area contributed by atoms with Crippen LogP contribution in [0.3, 0.4) is 0 Å². The maximum absolute atomic E-state index is 12.5. The third-order valence-electron chi connectivity index (χ3n) is 4.45. The topological polar surface area (TPSA) is 61.9 Å². The van der Waals surface area contributed by atoms with Crippen LogP contribution in [-0.4, -0.2) is 61.4 Å². The normalized spacial score (nSPS) is 15.9. The van der Waals surface area contributed by atoms with Crippen molar-refractivity contribution in [2.45, 2.75) is 32.2 Å². The van der Waals surface area contributed by atoms with Crippen molar-refractivity contribution >= 4 is 17.5 Å². The zero-order valence-corrected chi connectivity index (χ0v) is 14.7. The van der Waals surface area contributed by atoms with Crippen LogP contribution in [-0.2, 0) is 9.59 Å². The number of amides is 2. The second-order valence-electron chi connectivity index (χ2n) is 6.25. The summed E-state index contributed by atoms with van der Waals surface area (Å²) in [5, 5.41) is 2.84. The number of carbonyl (C=O) groups is 2. The highest BCUT2D eigenvalue weighted by Crippen LogP contribution is 2.15. The third kappa shape index (κ3) is 4.96. The molecular formula is C18H27N3O3. The molecular weight excluding hydrogens is 306 g/mol. The van der Waals surface area contributed by atoms with E-state index in [4.69, 9.17) is 4.74 Å². The van der Waals surface area contributed by atoms with E-state index in [1.54, 1.807) is 43.3 Å². The van der Waals surface area contributed by atoms with Gasteiger partial charge in [-0.3, -0.25) is 14.5 Å². The summed E-state index contributed by atoms with van der Waals surface area (Å²) >= 11 is 0. The fourth-order valence-electron chi connectivity index (χ4n) is 2.81. The molecule has 132 valence electrons. The molecule has 0 radical (unpaired) electrons. The fraction of sp³-hybridized carbons (Fsp3) is 0.556. The first-order chi connectivity index (χ1) is 11.5. The lowest BCUT2D eigenvalue weighted by atomic mass is 10.1. The largest absolute Gasteiger partial charge is 0.497 e. The van der Waals surface area contributed by atoms with Crippen LogP contribution in [0.1, 0.15) is 26.2 Å². The van der Waals surface area contributed by atoms with Gasteiger partial charge >= 0.3 is 0 Å². The lowest BCUT2D eigenvalue weighted by Crippen LogP contribution is -2.49. The summed E-state index contributed by atoms with van der Waals surface area (Å²) in [6.45, 7) is 3.69. The van der Waals surface area contributed by atoms with Crippen molar-refractivity contribution in [3.63, 3.8) is 0 Å². The second kappa shape index (κ2) is 8.68. The summed E-state index contributed by atoms with van der Waals surface area (Å²) in [5.74, 6) is 0.710. The van der Waals surface area contributed by atoms with E-state index in [1.165, 1.54) is 6.42 Å². The number of ether oxygens (including phenoxy) is 1. The minimum atomic E-state index is -0.301. The first-order valence-electron chi connectivity index (χ1n) is 8.44. The van der Waals surface area contributed by atoms with Crippen LogP contribution in [0.5, 0.6) is 5.75 Å². The molecule has 1 aromatic rings. The number of methoxy groups -OCH3 is 1. The molecule has 0 aromatic heterocycles. The van der Waals surface area contributed by atoms with Gasteiger partial charge in [0.25, 0.3) is 0 Å². The zero-order chi connectivity index (χ0) is 17.5. The molecule has 2 rings (SSSR count). The molecule has 6 heteroatoms. The van der Waals surface area contributed by atoms with Gasteiger partial charge in [0.15, 0.2) is 0 Å². The third-order valence-corrected chi connectivity index (χ3v) is 4.45. The SMILES string of the molecule is COc1ccc(NC(=O)CN(C)[C@@H](C)C(=O)N2CCCCC2)cc1. The lowest BCUT2D eigenvalue weighted by molar-refractivity contribution is -0.137. The Morgan fingerprint density at radius 2 is 1.83 bits per heavy atom. The number of benzene rings is 1. The quantitative estimate of drug-likeness (QED) is 0.864. The van der Waals surface area contributed by atoms with E-state index in [0.29, 0.717) is 5.69 Å². The fourth-order valence-corrected chi connectivity index (χ4v) is 2.81. The maximum atomic E-state index is 12.5. The molecule has 1 saturated heterocycles. The number of anilines is 1. The van der Waals surface area contributed by atoms with Gasteiger partial charge in [0.2, 0.25) is 11.8 Å². The maximum Gasteiger partial charge on any atom is 0.239 e. The van der Waals surface area contributed by atoms with Gasteiger partial charge in [0.05, 0.1) is 19.7 Å². The van der Waals surface area contributed by atoms with Gasteiger partial charge < -0.3 is 15.0 Å². The number of hydrogen-bond donors (Lipinski definition) is 1. The monoisotopic (exact) mass is 333 g/mol. The molecule has 1 heterocycles. The van der Waals surface area contributed by atoms with Crippen molar-refractivity contribution in [1.29, 1.82) is 0 Å². The van der Waals surface area contributed by atoms with E-state index >= 15 is 0 Å². The molecule has 1 aliphatic heterocycles. The first kappa shape index (κ1) is 18.3. The minimum Gasteiger partial charge on any atom is -0.497 e. The van der Waals surface area contributed by atoms with Crippen LogP contribution in [0.4, 0.5) is 5.69 Å².